The molecule has 0 unspecified atom stereocenters. The molecule has 1 aromatic heterocycles. The number of hydrogen-bond acceptors (Lipinski definition) is 5. The lowest BCUT2D eigenvalue weighted by atomic mass is 10.2. The van der Waals surface area contributed by atoms with Crippen molar-refractivity contribution in [2.45, 2.75) is 10.6 Å². The first kappa shape index (κ1) is 14.0. The summed E-state index contributed by atoms with van der Waals surface area (Å²) in [6, 6.07) is 15.0. The molecule has 2 N–H and O–H groups in total. The van der Waals surface area contributed by atoms with E-state index in [1.54, 1.807) is 23.9 Å². The van der Waals surface area contributed by atoms with Gasteiger partial charge in [0.15, 0.2) is 5.82 Å². The number of benzene rings is 2. The summed E-state index contributed by atoms with van der Waals surface area (Å²) in [5.41, 5.74) is 7.35. The molecule has 0 saturated carbocycles. The van der Waals surface area contributed by atoms with Gasteiger partial charge in [0.05, 0.1) is 5.75 Å². The molecule has 3 rings (SSSR count). The lowest BCUT2D eigenvalue weighted by molar-refractivity contribution is 0.425. The fourth-order valence-electron chi connectivity index (χ4n) is 1.77. The lowest BCUT2D eigenvalue weighted by Gasteiger charge is -1.99. The van der Waals surface area contributed by atoms with Crippen LogP contribution in [-0.2, 0) is 5.75 Å². The van der Waals surface area contributed by atoms with E-state index in [1.165, 1.54) is 0 Å². The first-order valence-electron chi connectivity index (χ1n) is 6.27. The van der Waals surface area contributed by atoms with Gasteiger partial charge in [0.2, 0.25) is 0 Å². The number of nitrogen functional groups attached to an aromatic ring is 1. The Balaban J connectivity index is 1.69. The second-order valence-corrected chi connectivity index (χ2v) is 5.87. The normalized spacial score (nSPS) is 10.7. The summed E-state index contributed by atoms with van der Waals surface area (Å²) in [7, 11) is 0. The number of halogens is 1. The number of aromatic nitrogens is 2. The van der Waals surface area contributed by atoms with Crippen molar-refractivity contribution in [1.29, 1.82) is 0 Å². The summed E-state index contributed by atoms with van der Waals surface area (Å²) in [5.74, 6) is 1.77. The van der Waals surface area contributed by atoms with Crippen molar-refractivity contribution in [3.63, 3.8) is 0 Å². The summed E-state index contributed by atoms with van der Waals surface area (Å²) >= 11 is 7.47. The molecule has 0 fully saturated rings. The Hall–Kier alpha value is -1.98. The molecular weight excluding hydrogens is 306 g/mol. The maximum absolute atomic E-state index is 5.85. The number of anilines is 1. The molecule has 106 valence electrons. The van der Waals surface area contributed by atoms with Crippen molar-refractivity contribution in [3.05, 3.63) is 59.4 Å². The molecule has 21 heavy (non-hydrogen) atoms. The van der Waals surface area contributed by atoms with Crippen molar-refractivity contribution in [2.24, 2.45) is 0 Å². The smallest absolute Gasteiger partial charge is 0.257 e. The van der Waals surface area contributed by atoms with Crippen molar-refractivity contribution in [2.75, 3.05) is 5.73 Å². The van der Waals surface area contributed by atoms with Gasteiger partial charge in [0.1, 0.15) is 0 Å². The molecule has 4 nitrogen and oxygen atoms in total. The molecule has 6 heteroatoms. The fourth-order valence-corrected chi connectivity index (χ4v) is 2.71. The minimum absolute atomic E-state index is 0.495. The molecule has 2 aromatic carbocycles. The van der Waals surface area contributed by atoms with E-state index in [1.807, 2.05) is 36.4 Å². The van der Waals surface area contributed by atoms with Gasteiger partial charge in [-0.05, 0) is 42.5 Å². The van der Waals surface area contributed by atoms with Crippen LogP contribution in [0.25, 0.3) is 11.5 Å². The SMILES string of the molecule is Nc1cccc(SCc2noc(-c3ccc(Cl)cc3)n2)c1. The fraction of sp³-hybridized carbons (Fsp3) is 0.0667. The quantitative estimate of drug-likeness (QED) is 0.575. The Morgan fingerprint density at radius 3 is 2.71 bits per heavy atom. The van der Waals surface area contributed by atoms with Crippen LogP contribution in [0, 0.1) is 0 Å². The Morgan fingerprint density at radius 2 is 1.95 bits per heavy atom. The number of nitrogens with zero attached hydrogens (tertiary/aromatic N) is 2. The first-order valence-corrected chi connectivity index (χ1v) is 7.64. The molecule has 0 aliphatic carbocycles. The topological polar surface area (TPSA) is 64.9 Å². The average molecular weight is 318 g/mol. The van der Waals surface area contributed by atoms with Crippen molar-refractivity contribution < 1.29 is 4.52 Å². The minimum atomic E-state index is 0.495. The number of hydrogen-bond donors (Lipinski definition) is 1. The number of rotatable bonds is 4. The summed E-state index contributed by atoms with van der Waals surface area (Å²) in [6.45, 7) is 0. The van der Waals surface area contributed by atoms with Crippen LogP contribution in [0.15, 0.2) is 57.9 Å². The summed E-state index contributed by atoms with van der Waals surface area (Å²) in [5, 5.41) is 4.66. The van der Waals surface area contributed by atoms with Gasteiger partial charge in [-0.3, -0.25) is 0 Å². The first-order chi connectivity index (χ1) is 10.2. The largest absolute Gasteiger partial charge is 0.399 e. The molecule has 0 bridgehead atoms. The van der Waals surface area contributed by atoms with Crippen LogP contribution < -0.4 is 5.73 Å². The van der Waals surface area contributed by atoms with Gasteiger partial charge in [0.25, 0.3) is 5.89 Å². The van der Waals surface area contributed by atoms with Gasteiger partial charge in [-0.15, -0.1) is 11.8 Å². The molecular formula is C15H12ClN3OS. The lowest BCUT2D eigenvalue weighted by Crippen LogP contribution is -1.86. The van der Waals surface area contributed by atoms with Crippen molar-refractivity contribution in [1.82, 2.24) is 10.1 Å². The molecule has 1 heterocycles. The molecule has 0 aliphatic heterocycles. The second kappa shape index (κ2) is 6.20. The Labute approximate surface area is 131 Å². The predicted octanol–water partition coefficient (Wildman–Crippen LogP) is 4.26. The standard InChI is InChI=1S/C15H12ClN3OS/c16-11-6-4-10(5-7-11)15-18-14(19-20-15)9-21-13-3-1-2-12(17)8-13/h1-8H,9,17H2. The van der Waals surface area contributed by atoms with Gasteiger partial charge in [-0.25, -0.2) is 0 Å². The van der Waals surface area contributed by atoms with E-state index in [9.17, 15) is 0 Å². The molecule has 0 aliphatic rings. The van der Waals surface area contributed by atoms with Crippen molar-refractivity contribution in [3.8, 4) is 11.5 Å². The highest BCUT2D eigenvalue weighted by molar-refractivity contribution is 7.98. The van der Waals surface area contributed by atoms with Crippen LogP contribution in [0.5, 0.6) is 0 Å². The van der Waals surface area contributed by atoms with Gasteiger partial charge < -0.3 is 10.3 Å². The highest BCUT2D eigenvalue weighted by atomic mass is 35.5. The Bertz CT molecular complexity index is 743. The van der Waals surface area contributed by atoms with Crippen LogP contribution in [-0.4, -0.2) is 10.1 Å². The van der Waals surface area contributed by atoms with E-state index < -0.39 is 0 Å². The van der Waals surface area contributed by atoms with E-state index in [2.05, 4.69) is 10.1 Å². The van der Waals surface area contributed by atoms with E-state index in [0.29, 0.717) is 22.5 Å². The third-order valence-electron chi connectivity index (χ3n) is 2.79. The van der Waals surface area contributed by atoms with E-state index in [0.717, 1.165) is 16.1 Å². The zero-order valence-corrected chi connectivity index (χ0v) is 12.6. The van der Waals surface area contributed by atoms with Crippen molar-refractivity contribution >= 4 is 29.1 Å². The Morgan fingerprint density at radius 1 is 1.14 bits per heavy atom. The number of nitrogens with two attached hydrogens (primary N) is 1. The third-order valence-corrected chi connectivity index (χ3v) is 4.03. The zero-order chi connectivity index (χ0) is 14.7. The summed E-state index contributed by atoms with van der Waals surface area (Å²) in [6.07, 6.45) is 0. The van der Waals surface area contributed by atoms with E-state index in [4.69, 9.17) is 21.9 Å². The molecule has 0 saturated heterocycles. The van der Waals surface area contributed by atoms with E-state index in [-0.39, 0.29) is 0 Å². The zero-order valence-electron chi connectivity index (χ0n) is 11.0. The van der Waals surface area contributed by atoms with Gasteiger partial charge >= 0.3 is 0 Å². The molecule has 0 radical (unpaired) electrons. The van der Waals surface area contributed by atoms with Gasteiger partial charge in [-0.1, -0.05) is 22.8 Å². The monoisotopic (exact) mass is 317 g/mol. The minimum Gasteiger partial charge on any atom is -0.399 e. The number of thioether (sulfide) groups is 1. The Kier molecular flexibility index (Phi) is 4.13. The van der Waals surface area contributed by atoms with Gasteiger partial charge in [-0.2, -0.15) is 4.98 Å². The molecule has 0 amide bonds. The molecule has 0 atom stereocenters. The summed E-state index contributed by atoms with van der Waals surface area (Å²) < 4.78 is 5.26. The van der Waals surface area contributed by atoms with Crippen LogP contribution in [0.4, 0.5) is 5.69 Å². The summed E-state index contributed by atoms with van der Waals surface area (Å²) in [4.78, 5) is 5.45. The maximum Gasteiger partial charge on any atom is 0.257 e. The van der Waals surface area contributed by atoms with Crippen LogP contribution >= 0.6 is 23.4 Å². The van der Waals surface area contributed by atoms with Crippen LogP contribution in [0.3, 0.4) is 0 Å². The third kappa shape index (κ3) is 3.56. The van der Waals surface area contributed by atoms with E-state index >= 15 is 0 Å². The average Bonchev–Trinajstić information content (AvgIpc) is 2.95. The van der Waals surface area contributed by atoms with Crippen LogP contribution in [0.2, 0.25) is 5.02 Å². The maximum atomic E-state index is 5.85. The second-order valence-electron chi connectivity index (χ2n) is 4.38. The highest BCUT2D eigenvalue weighted by Gasteiger charge is 2.09. The molecule has 3 aromatic rings. The van der Waals surface area contributed by atoms with Crippen LogP contribution in [0.1, 0.15) is 5.82 Å². The highest BCUT2D eigenvalue weighted by Crippen LogP contribution is 2.25. The predicted molar refractivity (Wildman–Crippen MR) is 85.2 cm³/mol. The van der Waals surface area contributed by atoms with Gasteiger partial charge in [0, 0.05) is 21.2 Å². The molecule has 0 spiro atoms.